The summed E-state index contributed by atoms with van der Waals surface area (Å²) >= 11 is 0. The lowest BCUT2D eigenvalue weighted by Crippen LogP contribution is -2.14. The van der Waals surface area contributed by atoms with E-state index >= 15 is 0 Å². The summed E-state index contributed by atoms with van der Waals surface area (Å²) in [6, 6.07) is 9.84. The Bertz CT molecular complexity index is 613. The predicted octanol–water partition coefficient (Wildman–Crippen LogP) is 3.42. The van der Waals surface area contributed by atoms with Gasteiger partial charge >= 0.3 is 0 Å². The van der Waals surface area contributed by atoms with Crippen LogP contribution in [0.2, 0.25) is 0 Å². The Morgan fingerprint density at radius 3 is 2.57 bits per heavy atom. The van der Waals surface area contributed by atoms with Crippen molar-refractivity contribution in [2.24, 2.45) is 0 Å². The first-order valence-corrected chi connectivity index (χ1v) is 6.99. The van der Waals surface area contributed by atoms with Gasteiger partial charge in [0.05, 0.1) is 7.11 Å². The molecule has 2 aromatic rings. The zero-order valence-corrected chi connectivity index (χ0v) is 13.2. The topological polar surface area (TPSA) is 50.3 Å². The van der Waals surface area contributed by atoms with Crippen LogP contribution < -0.4 is 15.0 Å². The van der Waals surface area contributed by atoms with E-state index in [1.807, 2.05) is 49.3 Å². The molecule has 2 rings (SSSR count). The number of anilines is 3. The Labute approximate surface area is 126 Å². The first-order chi connectivity index (χ1) is 10.0. The van der Waals surface area contributed by atoms with Gasteiger partial charge in [-0.15, -0.1) is 0 Å². The number of ether oxygens (including phenoxy) is 1. The van der Waals surface area contributed by atoms with Crippen molar-refractivity contribution in [3.8, 4) is 5.75 Å². The zero-order chi connectivity index (χ0) is 15.4. The first-order valence-electron chi connectivity index (χ1n) is 6.99. The Morgan fingerprint density at radius 2 is 1.95 bits per heavy atom. The molecule has 0 atom stereocenters. The lowest BCUT2D eigenvalue weighted by molar-refractivity contribution is 0.415. The van der Waals surface area contributed by atoms with E-state index in [2.05, 4.69) is 29.1 Å². The maximum Gasteiger partial charge on any atom is 0.138 e. The standard InChI is InChI=1S/C16H22N4O/c1-11(2)16-18-14(17-3)10-15(19-16)20(4)12-7-6-8-13(9-12)21-5/h6-11H,1-5H3,(H,17,18,19). The summed E-state index contributed by atoms with van der Waals surface area (Å²) in [7, 11) is 5.52. The van der Waals surface area contributed by atoms with Crippen LogP contribution in [0.4, 0.5) is 17.3 Å². The van der Waals surface area contributed by atoms with Crippen LogP contribution in [0.5, 0.6) is 5.75 Å². The van der Waals surface area contributed by atoms with Crippen molar-refractivity contribution in [1.82, 2.24) is 9.97 Å². The van der Waals surface area contributed by atoms with Crippen molar-refractivity contribution >= 4 is 17.3 Å². The molecular formula is C16H22N4O. The molecule has 5 heteroatoms. The molecule has 0 saturated heterocycles. The summed E-state index contributed by atoms with van der Waals surface area (Å²) in [6.45, 7) is 4.17. The second-order valence-corrected chi connectivity index (χ2v) is 5.13. The van der Waals surface area contributed by atoms with Crippen molar-refractivity contribution in [2.45, 2.75) is 19.8 Å². The summed E-state index contributed by atoms with van der Waals surface area (Å²) in [6.07, 6.45) is 0. The van der Waals surface area contributed by atoms with Gasteiger partial charge in [0.2, 0.25) is 0 Å². The molecule has 1 N–H and O–H groups in total. The highest BCUT2D eigenvalue weighted by atomic mass is 16.5. The minimum atomic E-state index is 0.274. The van der Waals surface area contributed by atoms with Gasteiger partial charge in [-0.1, -0.05) is 19.9 Å². The molecule has 1 aromatic heterocycles. The van der Waals surface area contributed by atoms with Crippen LogP contribution in [0, 0.1) is 0 Å². The number of nitrogens with one attached hydrogen (secondary N) is 1. The van der Waals surface area contributed by atoms with Gasteiger partial charge in [0.25, 0.3) is 0 Å². The van der Waals surface area contributed by atoms with Gasteiger partial charge < -0.3 is 15.0 Å². The third-order valence-corrected chi connectivity index (χ3v) is 3.29. The fourth-order valence-electron chi connectivity index (χ4n) is 1.96. The third-order valence-electron chi connectivity index (χ3n) is 3.29. The van der Waals surface area contributed by atoms with Gasteiger partial charge in [0.15, 0.2) is 0 Å². The summed E-state index contributed by atoms with van der Waals surface area (Å²) in [4.78, 5) is 11.2. The van der Waals surface area contributed by atoms with Gasteiger partial charge in [0.1, 0.15) is 23.2 Å². The zero-order valence-electron chi connectivity index (χ0n) is 13.2. The molecule has 0 spiro atoms. The van der Waals surface area contributed by atoms with Crippen LogP contribution in [0.25, 0.3) is 0 Å². The summed E-state index contributed by atoms with van der Waals surface area (Å²) in [5, 5.41) is 3.09. The maximum atomic E-state index is 5.28. The number of methoxy groups -OCH3 is 1. The van der Waals surface area contributed by atoms with E-state index in [0.717, 1.165) is 28.9 Å². The molecule has 0 aliphatic rings. The number of aromatic nitrogens is 2. The summed E-state index contributed by atoms with van der Waals surface area (Å²) in [5.74, 6) is 3.60. The number of hydrogen-bond acceptors (Lipinski definition) is 5. The molecule has 0 bridgehead atoms. The van der Waals surface area contributed by atoms with E-state index in [1.165, 1.54) is 0 Å². The number of rotatable bonds is 5. The highest BCUT2D eigenvalue weighted by Crippen LogP contribution is 2.27. The second-order valence-electron chi connectivity index (χ2n) is 5.13. The monoisotopic (exact) mass is 286 g/mol. The van der Waals surface area contributed by atoms with Gasteiger partial charge in [-0.25, -0.2) is 9.97 Å². The van der Waals surface area contributed by atoms with Crippen LogP contribution in [0.1, 0.15) is 25.6 Å². The fraction of sp³-hybridized carbons (Fsp3) is 0.375. The smallest absolute Gasteiger partial charge is 0.138 e. The van der Waals surface area contributed by atoms with Crippen LogP contribution in [0.15, 0.2) is 30.3 Å². The molecule has 0 saturated carbocycles. The Morgan fingerprint density at radius 1 is 1.19 bits per heavy atom. The second kappa shape index (κ2) is 6.43. The molecule has 1 aromatic carbocycles. The third kappa shape index (κ3) is 3.42. The van der Waals surface area contributed by atoms with Crippen LogP contribution in [-0.4, -0.2) is 31.2 Å². The normalized spacial score (nSPS) is 10.6. The molecule has 0 amide bonds. The molecule has 1 heterocycles. The Hall–Kier alpha value is -2.30. The Kier molecular flexibility index (Phi) is 4.62. The summed E-state index contributed by atoms with van der Waals surface area (Å²) in [5.41, 5.74) is 1.02. The van der Waals surface area contributed by atoms with E-state index in [1.54, 1.807) is 7.11 Å². The molecule has 0 radical (unpaired) electrons. The lowest BCUT2D eigenvalue weighted by atomic mass is 10.2. The maximum absolute atomic E-state index is 5.28. The molecule has 21 heavy (non-hydrogen) atoms. The van der Waals surface area contributed by atoms with Crippen molar-refractivity contribution in [2.75, 3.05) is 31.4 Å². The molecule has 0 aliphatic heterocycles. The molecule has 5 nitrogen and oxygen atoms in total. The molecule has 0 aliphatic carbocycles. The van der Waals surface area contributed by atoms with Crippen molar-refractivity contribution in [3.05, 3.63) is 36.2 Å². The Balaban J connectivity index is 2.41. The van der Waals surface area contributed by atoms with Crippen molar-refractivity contribution < 1.29 is 4.74 Å². The SMILES string of the molecule is CNc1cc(N(C)c2cccc(OC)c2)nc(C(C)C)n1. The largest absolute Gasteiger partial charge is 0.497 e. The van der Waals surface area contributed by atoms with E-state index < -0.39 is 0 Å². The first kappa shape index (κ1) is 15.1. The van der Waals surface area contributed by atoms with Crippen molar-refractivity contribution in [3.63, 3.8) is 0 Å². The van der Waals surface area contributed by atoms with Crippen LogP contribution in [-0.2, 0) is 0 Å². The number of benzene rings is 1. The van der Waals surface area contributed by atoms with Crippen molar-refractivity contribution in [1.29, 1.82) is 0 Å². The fourth-order valence-corrected chi connectivity index (χ4v) is 1.96. The molecule has 0 unspecified atom stereocenters. The number of nitrogens with zero attached hydrogens (tertiary/aromatic N) is 3. The minimum absolute atomic E-state index is 0.274. The van der Waals surface area contributed by atoms with E-state index in [9.17, 15) is 0 Å². The highest BCUT2D eigenvalue weighted by Gasteiger charge is 2.12. The quantitative estimate of drug-likeness (QED) is 0.912. The number of hydrogen-bond donors (Lipinski definition) is 1. The van der Waals surface area contributed by atoms with Crippen LogP contribution >= 0.6 is 0 Å². The van der Waals surface area contributed by atoms with E-state index in [4.69, 9.17) is 4.74 Å². The van der Waals surface area contributed by atoms with Gasteiger partial charge in [-0.05, 0) is 12.1 Å². The average Bonchev–Trinajstić information content (AvgIpc) is 2.53. The van der Waals surface area contributed by atoms with E-state index in [-0.39, 0.29) is 5.92 Å². The summed E-state index contributed by atoms with van der Waals surface area (Å²) < 4.78 is 5.28. The lowest BCUT2D eigenvalue weighted by Gasteiger charge is -2.20. The minimum Gasteiger partial charge on any atom is -0.497 e. The average molecular weight is 286 g/mol. The predicted molar refractivity (Wildman–Crippen MR) is 86.7 cm³/mol. The van der Waals surface area contributed by atoms with E-state index in [0.29, 0.717) is 0 Å². The molecular weight excluding hydrogens is 264 g/mol. The van der Waals surface area contributed by atoms with Crippen LogP contribution in [0.3, 0.4) is 0 Å². The van der Waals surface area contributed by atoms with Gasteiger partial charge in [0, 0.05) is 37.8 Å². The molecule has 112 valence electrons. The van der Waals surface area contributed by atoms with Gasteiger partial charge in [-0.2, -0.15) is 0 Å². The molecule has 0 fully saturated rings. The van der Waals surface area contributed by atoms with Gasteiger partial charge in [-0.3, -0.25) is 0 Å². The highest BCUT2D eigenvalue weighted by molar-refractivity contribution is 5.63.